The van der Waals surface area contributed by atoms with E-state index in [1.54, 1.807) is 11.8 Å². The van der Waals surface area contributed by atoms with Crippen LogP contribution in [0, 0.1) is 5.41 Å². The number of urea groups is 1. The fourth-order valence-corrected chi connectivity index (χ4v) is 2.17. The van der Waals surface area contributed by atoms with E-state index in [1.165, 1.54) is 0 Å². The number of aliphatic hydroxyl groups is 1. The molecule has 0 unspecified atom stereocenters. The lowest BCUT2D eigenvalue weighted by Crippen LogP contribution is -2.35. The van der Waals surface area contributed by atoms with Crippen molar-refractivity contribution in [2.24, 2.45) is 5.41 Å². The van der Waals surface area contributed by atoms with Crippen LogP contribution in [0.5, 0.6) is 0 Å². The highest BCUT2D eigenvalue weighted by Crippen LogP contribution is 2.44. The first-order chi connectivity index (χ1) is 8.67. The second-order valence-corrected chi connectivity index (χ2v) is 5.58. The summed E-state index contributed by atoms with van der Waals surface area (Å²) in [4.78, 5) is 12.8. The van der Waals surface area contributed by atoms with Gasteiger partial charge in [-0.3, -0.25) is 0 Å². The minimum atomic E-state index is -0.215. The van der Waals surface area contributed by atoms with Gasteiger partial charge in [0.1, 0.15) is 0 Å². The lowest BCUT2D eigenvalue weighted by Gasteiger charge is -2.13. The van der Waals surface area contributed by atoms with Crippen LogP contribution >= 0.6 is 11.8 Å². The molecule has 0 atom stereocenters. The average Bonchev–Trinajstić information content (AvgIpc) is 3.17. The van der Waals surface area contributed by atoms with Gasteiger partial charge in [-0.15, -0.1) is 11.8 Å². The number of hydrogen-bond donors (Lipinski definition) is 3. The highest BCUT2D eigenvalue weighted by Gasteiger charge is 2.42. The van der Waals surface area contributed by atoms with E-state index in [2.05, 4.69) is 10.6 Å². The maximum Gasteiger partial charge on any atom is 0.319 e. The quantitative estimate of drug-likeness (QED) is 0.717. The van der Waals surface area contributed by atoms with Crippen molar-refractivity contribution < 1.29 is 9.90 Å². The molecule has 1 aromatic carbocycles. The summed E-state index contributed by atoms with van der Waals surface area (Å²) >= 11 is 1.64. The Balaban J connectivity index is 1.83. The van der Waals surface area contributed by atoms with Crippen molar-refractivity contribution >= 4 is 23.5 Å². The van der Waals surface area contributed by atoms with Crippen molar-refractivity contribution in [2.75, 3.05) is 24.7 Å². The van der Waals surface area contributed by atoms with Gasteiger partial charge >= 0.3 is 6.03 Å². The molecule has 0 heterocycles. The van der Waals surface area contributed by atoms with Crippen LogP contribution in [-0.4, -0.2) is 30.5 Å². The molecule has 18 heavy (non-hydrogen) atoms. The minimum Gasteiger partial charge on any atom is -0.396 e. The Bertz CT molecular complexity index is 433. The van der Waals surface area contributed by atoms with Crippen molar-refractivity contribution in [3.8, 4) is 0 Å². The third-order valence-electron chi connectivity index (χ3n) is 3.24. The van der Waals surface area contributed by atoms with Gasteiger partial charge in [0.25, 0.3) is 0 Å². The van der Waals surface area contributed by atoms with E-state index in [4.69, 9.17) is 5.11 Å². The number of hydrogen-bond acceptors (Lipinski definition) is 3. The molecule has 1 aliphatic rings. The number of carbonyl (C=O) groups excluding carboxylic acids is 1. The largest absolute Gasteiger partial charge is 0.396 e. The van der Waals surface area contributed by atoms with Crippen molar-refractivity contribution in [3.05, 3.63) is 24.3 Å². The van der Waals surface area contributed by atoms with E-state index >= 15 is 0 Å². The monoisotopic (exact) mass is 266 g/mol. The van der Waals surface area contributed by atoms with Crippen LogP contribution in [0.3, 0.4) is 0 Å². The normalized spacial score (nSPS) is 16.1. The predicted molar refractivity (Wildman–Crippen MR) is 74.0 cm³/mol. The van der Waals surface area contributed by atoms with E-state index in [1.807, 2.05) is 30.5 Å². The Hall–Kier alpha value is -1.20. The van der Waals surface area contributed by atoms with Gasteiger partial charge in [-0.05, 0) is 37.3 Å². The molecule has 1 aliphatic carbocycles. The molecule has 1 aromatic rings. The number of nitrogens with one attached hydrogen (secondary N) is 2. The lowest BCUT2D eigenvalue weighted by molar-refractivity contribution is 0.206. The first-order valence-electron chi connectivity index (χ1n) is 5.97. The number of carbonyl (C=O) groups is 1. The Morgan fingerprint density at radius 1 is 1.50 bits per heavy atom. The van der Waals surface area contributed by atoms with Gasteiger partial charge in [0, 0.05) is 22.5 Å². The van der Waals surface area contributed by atoms with E-state index in [0.29, 0.717) is 6.54 Å². The molecule has 98 valence electrons. The van der Waals surface area contributed by atoms with Gasteiger partial charge in [0.2, 0.25) is 0 Å². The van der Waals surface area contributed by atoms with Gasteiger partial charge in [-0.25, -0.2) is 4.79 Å². The molecule has 4 nitrogen and oxygen atoms in total. The minimum absolute atomic E-state index is 0.0571. The van der Waals surface area contributed by atoms with Gasteiger partial charge < -0.3 is 15.7 Å². The molecule has 0 radical (unpaired) electrons. The van der Waals surface area contributed by atoms with Crippen LogP contribution in [0.1, 0.15) is 12.8 Å². The molecule has 1 saturated carbocycles. The Kier molecular flexibility index (Phi) is 4.14. The fraction of sp³-hybridized carbons (Fsp3) is 0.462. The summed E-state index contributed by atoms with van der Waals surface area (Å²) in [7, 11) is 0. The second kappa shape index (κ2) is 5.63. The molecule has 0 aromatic heterocycles. The smallest absolute Gasteiger partial charge is 0.319 e. The summed E-state index contributed by atoms with van der Waals surface area (Å²) in [6.07, 6.45) is 3.98. The molecule has 0 bridgehead atoms. The summed E-state index contributed by atoms with van der Waals surface area (Å²) in [6, 6.07) is 7.49. The maximum absolute atomic E-state index is 11.7. The summed E-state index contributed by atoms with van der Waals surface area (Å²) in [5.41, 5.74) is 0.728. The van der Waals surface area contributed by atoms with Crippen LogP contribution in [-0.2, 0) is 0 Å². The molecule has 0 spiro atoms. The summed E-state index contributed by atoms with van der Waals surface area (Å²) < 4.78 is 0. The number of amides is 2. The predicted octanol–water partition coefficient (Wildman–Crippen LogP) is 2.30. The number of thioether (sulfide) groups is 1. The molecular formula is C13H18N2O2S. The Labute approximate surface area is 111 Å². The number of rotatable bonds is 5. The third kappa shape index (κ3) is 3.40. The number of anilines is 1. The maximum atomic E-state index is 11.7. The van der Waals surface area contributed by atoms with Gasteiger partial charge in [-0.1, -0.05) is 6.07 Å². The van der Waals surface area contributed by atoms with Crippen LogP contribution < -0.4 is 10.6 Å². The summed E-state index contributed by atoms with van der Waals surface area (Å²) in [6.45, 7) is 0.687. The zero-order valence-electron chi connectivity index (χ0n) is 10.4. The van der Waals surface area contributed by atoms with Crippen LogP contribution in [0.2, 0.25) is 0 Å². The number of benzene rings is 1. The second-order valence-electron chi connectivity index (χ2n) is 4.70. The highest BCUT2D eigenvalue weighted by atomic mass is 32.2. The SMILES string of the molecule is CSc1cccc(NC(=O)NCC2(CO)CC2)c1. The molecular weight excluding hydrogens is 248 g/mol. The highest BCUT2D eigenvalue weighted by molar-refractivity contribution is 7.98. The summed E-state index contributed by atoms with van der Waals surface area (Å²) in [5, 5.41) is 14.8. The van der Waals surface area contributed by atoms with Gasteiger partial charge in [0.05, 0.1) is 6.61 Å². The van der Waals surface area contributed by atoms with E-state index in [9.17, 15) is 4.79 Å². The Morgan fingerprint density at radius 2 is 2.28 bits per heavy atom. The first kappa shape index (κ1) is 13.2. The van der Waals surface area contributed by atoms with Gasteiger partial charge in [0.15, 0.2) is 0 Å². The average molecular weight is 266 g/mol. The molecule has 1 fully saturated rings. The Morgan fingerprint density at radius 3 is 2.89 bits per heavy atom. The standard InChI is InChI=1S/C13H18N2O2S/c1-18-11-4-2-3-10(7-11)15-12(17)14-8-13(9-16)5-6-13/h2-4,7,16H,5-6,8-9H2,1H3,(H2,14,15,17). The first-order valence-corrected chi connectivity index (χ1v) is 7.20. The van der Waals surface area contributed by atoms with E-state index in [-0.39, 0.29) is 18.1 Å². The molecule has 0 saturated heterocycles. The zero-order valence-corrected chi connectivity index (χ0v) is 11.2. The third-order valence-corrected chi connectivity index (χ3v) is 3.97. The molecule has 5 heteroatoms. The van der Waals surface area contributed by atoms with Crippen molar-refractivity contribution in [3.63, 3.8) is 0 Å². The molecule has 3 N–H and O–H groups in total. The fourth-order valence-electron chi connectivity index (χ4n) is 1.71. The number of aliphatic hydroxyl groups excluding tert-OH is 1. The van der Waals surface area contributed by atoms with Gasteiger partial charge in [-0.2, -0.15) is 0 Å². The molecule has 2 rings (SSSR count). The van der Waals surface area contributed by atoms with E-state index < -0.39 is 0 Å². The van der Waals surface area contributed by atoms with Crippen LogP contribution in [0.15, 0.2) is 29.2 Å². The van der Waals surface area contributed by atoms with Crippen LogP contribution in [0.4, 0.5) is 10.5 Å². The summed E-state index contributed by atoms with van der Waals surface area (Å²) in [5.74, 6) is 0. The van der Waals surface area contributed by atoms with Crippen molar-refractivity contribution in [2.45, 2.75) is 17.7 Å². The molecule has 2 amide bonds. The zero-order chi connectivity index (χ0) is 13.0. The van der Waals surface area contributed by atoms with E-state index in [0.717, 1.165) is 23.4 Å². The topological polar surface area (TPSA) is 61.4 Å². The van der Waals surface area contributed by atoms with Crippen LogP contribution in [0.25, 0.3) is 0 Å². The van der Waals surface area contributed by atoms with Crippen molar-refractivity contribution in [1.29, 1.82) is 0 Å². The molecule has 0 aliphatic heterocycles. The lowest BCUT2D eigenvalue weighted by atomic mass is 10.1. The van der Waals surface area contributed by atoms with Crippen molar-refractivity contribution in [1.82, 2.24) is 5.32 Å².